The number of aryl methyl sites for hydroxylation is 1. The molecule has 0 fully saturated rings. The number of pyridine rings is 1. The molecule has 0 aliphatic rings. The molecule has 134 valence electrons. The number of hydrogen-bond donors (Lipinski definition) is 0. The Labute approximate surface area is 156 Å². The van der Waals surface area contributed by atoms with Crippen LogP contribution in [0.1, 0.15) is 17.7 Å². The standard InChI is InChI=1S/C20H20FN3OS/c1-24(13-10-15-8-11-22-12-9-15)19(25)7-6-16-14-26-20(23-16)17-4-2-3-5-18(17)21/h2-5,8-9,11-12,14H,6-7,10,13H2,1H3. The minimum absolute atomic E-state index is 0.0829. The molecule has 4 nitrogen and oxygen atoms in total. The average molecular weight is 369 g/mol. The molecular weight excluding hydrogens is 349 g/mol. The molecule has 0 saturated carbocycles. The summed E-state index contributed by atoms with van der Waals surface area (Å²) in [6, 6.07) is 10.5. The highest BCUT2D eigenvalue weighted by atomic mass is 32.1. The lowest BCUT2D eigenvalue weighted by atomic mass is 10.2. The van der Waals surface area contributed by atoms with Gasteiger partial charge >= 0.3 is 0 Å². The van der Waals surface area contributed by atoms with Crippen LogP contribution in [0.15, 0.2) is 54.2 Å². The molecular formula is C20H20FN3OS. The fraction of sp³-hybridized carbons (Fsp3) is 0.250. The molecule has 0 aliphatic carbocycles. The van der Waals surface area contributed by atoms with Crippen molar-refractivity contribution >= 4 is 17.2 Å². The summed E-state index contributed by atoms with van der Waals surface area (Å²) >= 11 is 1.40. The van der Waals surface area contributed by atoms with Crippen LogP contribution in [0, 0.1) is 5.82 Å². The van der Waals surface area contributed by atoms with Gasteiger partial charge in [0.05, 0.1) is 5.69 Å². The second kappa shape index (κ2) is 8.67. The van der Waals surface area contributed by atoms with Gasteiger partial charge in [-0.3, -0.25) is 9.78 Å². The van der Waals surface area contributed by atoms with E-state index < -0.39 is 0 Å². The van der Waals surface area contributed by atoms with E-state index in [0.29, 0.717) is 30.0 Å². The molecule has 0 N–H and O–H groups in total. The van der Waals surface area contributed by atoms with Crippen LogP contribution >= 0.6 is 11.3 Å². The largest absolute Gasteiger partial charge is 0.345 e. The SMILES string of the molecule is CN(CCc1ccncc1)C(=O)CCc1csc(-c2ccccc2F)n1. The van der Waals surface area contributed by atoms with Crippen molar-refractivity contribution in [3.8, 4) is 10.6 Å². The topological polar surface area (TPSA) is 46.1 Å². The maximum absolute atomic E-state index is 13.8. The maximum Gasteiger partial charge on any atom is 0.222 e. The summed E-state index contributed by atoms with van der Waals surface area (Å²) < 4.78 is 13.8. The first-order valence-corrected chi connectivity index (χ1v) is 9.33. The van der Waals surface area contributed by atoms with Gasteiger partial charge in [0.25, 0.3) is 0 Å². The Hall–Kier alpha value is -2.60. The van der Waals surface area contributed by atoms with Crippen molar-refractivity contribution in [2.45, 2.75) is 19.3 Å². The van der Waals surface area contributed by atoms with Crippen LogP contribution in [0.4, 0.5) is 4.39 Å². The van der Waals surface area contributed by atoms with Crippen molar-refractivity contribution in [3.63, 3.8) is 0 Å². The zero-order valence-corrected chi connectivity index (χ0v) is 15.4. The molecule has 0 aliphatic heterocycles. The Bertz CT molecular complexity index is 866. The normalized spacial score (nSPS) is 10.7. The molecule has 0 bridgehead atoms. The Morgan fingerprint density at radius 1 is 1.15 bits per heavy atom. The first kappa shape index (κ1) is 18.2. The molecule has 0 saturated heterocycles. The zero-order valence-electron chi connectivity index (χ0n) is 14.6. The highest BCUT2D eigenvalue weighted by Crippen LogP contribution is 2.26. The minimum atomic E-state index is -0.277. The van der Waals surface area contributed by atoms with Crippen LogP contribution < -0.4 is 0 Å². The molecule has 0 unspecified atom stereocenters. The van der Waals surface area contributed by atoms with Gasteiger partial charge in [-0.25, -0.2) is 9.37 Å². The van der Waals surface area contributed by atoms with Gasteiger partial charge in [-0.15, -0.1) is 11.3 Å². The number of halogens is 1. The second-order valence-corrected chi connectivity index (χ2v) is 6.90. The van der Waals surface area contributed by atoms with Crippen molar-refractivity contribution in [2.75, 3.05) is 13.6 Å². The van der Waals surface area contributed by atoms with E-state index in [2.05, 4.69) is 9.97 Å². The number of likely N-dealkylation sites (N-methyl/N-ethyl adjacent to an activating group) is 1. The van der Waals surface area contributed by atoms with Crippen LogP contribution in [0.2, 0.25) is 0 Å². The first-order chi connectivity index (χ1) is 12.6. The van der Waals surface area contributed by atoms with E-state index in [1.165, 1.54) is 17.4 Å². The predicted molar refractivity (Wildman–Crippen MR) is 101 cm³/mol. The third-order valence-corrected chi connectivity index (χ3v) is 5.09. The Morgan fingerprint density at radius 2 is 1.92 bits per heavy atom. The van der Waals surface area contributed by atoms with E-state index in [4.69, 9.17) is 0 Å². The van der Waals surface area contributed by atoms with Crippen molar-refractivity contribution in [2.24, 2.45) is 0 Å². The summed E-state index contributed by atoms with van der Waals surface area (Å²) in [5.74, 6) is -0.195. The average Bonchev–Trinajstić information content (AvgIpc) is 3.14. The summed E-state index contributed by atoms with van der Waals surface area (Å²) in [6.45, 7) is 0.667. The first-order valence-electron chi connectivity index (χ1n) is 8.45. The van der Waals surface area contributed by atoms with Crippen LogP contribution in [-0.2, 0) is 17.6 Å². The Kier molecular flexibility index (Phi) is 6.07. The van der Waals surface area contributed by atoms with Gasteiger partial charge in [0, 0.05) is 43.4 Å². The number of carbonyl (C=O) groups excluding carboxylic acids is 1. The lowest BCUT2D eigenvalue weighted by Crippen LogP contribution is -2.29. The van der Waals surface area contributed by atoms with Crippen LogP contribution in [0.5, 0.6) is 0 Å². The number of nitrogens with zero attached hydrogens (tertiary/aromatic N) is 3. The number of aromatic nitrogens is 2. The lowest BCUT2D eigenvalue weighted by molar-refractivity contribution is -0.129. The molecule has 1 amide bonds. The zero-order chi connectivity index (χ0) is 18.4. The molecule has 0 atom stereocenters. The summed E-state index contributed by atoms with van der Waals surface area (Å²) in [6.07, 6.45) is 5.27. The lowest BCUT2D eigenvalue weighted by Gasteiger charge is -2.16. The van der Waals surface area contributed by atoms with Crippen molar-refractivity contribution in [1.82, 2.24) is 14.9 Å². The number of thiazole rings is 1. The molecule has 0 radical (unpaired) electrons. The monoisotopic (exact) mass is 369 g/mol. The molecule has 3 rings (SSSR count). The van der Waals surface area contributed by atoms with E-state index in [9.17, 15) is 9.18 Å². The Morgan fingerprint density at radius 3 is 2.69 bits per heavy atom. The molecule has 2 heterocycles. The van der Waals surface area contributed by atoms with Crippen LogP contribution in [-0.4, -0.2) is 34.4 Å². The molecule has 2 aromatic heterocycles. The van der Waals surface area contributed by atoms with Crippen molar-refractivity contribution in [3.05, 3.63) is 71.2 Å². The van der Waals surface area contributed by atoms with Crippen LogP contribution in [0.25, 0.3) is 10.6 Å². The third kappa shape index (κ3) is 4.73. The fourth-order valence-corrected chi connectivity index (χ4v) is 3.46. The van der Waals surface area contributed by atoms with Crippen molar-refractivity contribution in [1.29, 1.82) is 0 Å². The molecule has 3 aromatic rings. The van der Waals surface area contributed by atoms with Gasteiger partial charge in [0.2, 0.25) is 5.91 Å². The number of hydrogen-bond acceptors (Lipinski definition) is 4. The van der Waals surface area contributed by atoms with Crippen molar-refractivity contribution < 1.29 is 9.18 Å². The third-order valence-electron chi connectivity index (χ3n) is 4.16. The number of benzene rings is 1. The molecule has 0 spiro atoms. The van der Waals surface area contributed by atoms with E-state index >= 15 is 0 Å². The highest BCUT2D eigenvalue weighted by molar-refractivity contribution is 7.13. The molecule has 1 aromatic carbocycles. The van der Waals surface area contributed by atoms with Gasteiger partial charge in [-0.2, -0.15) is 0 Å². The van der Waals surface area contributed by atoms with E-state index in [-0.39, 0.29) is 11.7 Å². The van der Waals surface area contributed by atoms with E-state index in [0.717, 1.165) is 17.7 Å². The minimum Gasteiger partial charge on any atom is -0.345 e. The predicted octanol–water partition coefficient (Wildman–Crippen LogP) is 3.98. The summed E-state index contributed by atoms with van der Waals surface area (Å²) in [5, 5.41) is 2.54. The number of amides is 1. The number of rotatable bonds is 7. The summed E-state index contributed by atoms with van der Waals surface area (Å²) in [4.78, 5) is 22.5. The van der Waals surface area contributed by atoms with Gasteiger partial charge in [0.1, 0.15) is 10.8 Å². The molecule has 26 heavy (non-hydrogen) atoms. The second-order valence-electron chi connectivity index (χ2n) is 6.04. The Balaban J connectivity index is 1.51. The van der Waals surface area contributed by atoms with Crippen LogP contribution in [0.3, 0.4) is 0 Å². The quantitative estimate of drug-likeness (QED) is 0.633. The highest BCUT2D eigenvalue weighted by Gasteiger charge is 2.12. The number of carbonyl (C=O) groups is 1. The fourth-order valence-electron chi connectivity index (χ4n) is 2.58. The van der Waals surface area contributed by atoms with E-state index in [1.54, 1.807) is 35.5 Å². The maximum atomic E-state index is 13.8. The van der Waals surface area contributed by atoms with Gasteiger partial charge in [-0.1, -0.05) is 12.1 Å². The summed E-state index contributed by atoms with van der Waals surface area (Å²) in [5.41, 5.74) is 2.49. The van der Waals surface area contributed by atoms with Gasteiger partial charge in [0.15, 0.2) is 0 Å². The summed E-state index contributed by atoms with van der Waals surface area (Å²) in [7, 11) is 1.81. The smallest absolute Gasteiger partial charge is 0.222 e. The van der Waals surface area contributed by atoms with Gasteiger partial charge < -0.3 is 4.90 Å². The van der Waals surface area contributed by atoms with E-state index in [1.807, 2.05) is 24.6 Å². The molecule has 6 heteroatoms. The van der Waals surface area contributed by atoms with Gasteiger partial charge in [-0.05, 0) is 42.7 Å².